The Kier molecular flexibility index (Phi) is 4.05. The van der Waals surface area contributed by atoms with Crippen LogP contribution in [0.3, 0.4) is 0 Å². The molecule has 0 aromatic carbocycles. The Morgan fingerprint density at radius 3 is 1.91 bits per heavy atom. The highest BCUT2D eigenvalue weighted by molar-refractivity contribution is 6.05. The van der Waals surface area contributed by atoms with E-state index in [4.69, 9.17) is 10.2 Å². The summed E-state index contributed by atoms with van der Waals surface area (Å²) in [5, 5.41) is 16.2. The summed E-state index contributed by atoms with van der Waals surface area (Å²) in [6.07, 6.45) is -1.16. The summed E-state index contributed by atoms with van der Waals surface area (Å²) >= 11 is 0. The summed E-state index contributed by atoms with van der Waals surface area (Å²) in [5.74, 6) is -2.60. The molecule has 0 aliphatic heterocycles. The Morgan fingerprint density at radius 2 is 1.55 bits per heavy atom. The number of aliphatic hydroxyl groups is 1. The van der Waals surface area contributed by atoms with Gasteiger partial charge in [-0.25, -0.2) is 0 Å². The zero-order valence-electron chi connectivity index (χ0n) is 5.74. The first-order chi connectivity index (χ1) is 5.06. The minimum absolute atomic E-state index is 0.497. The molecule has 0 saturated heterocycles. The smallest absolute Gasteiger partial charge is 0.310 e. The number of hydrogen-bond donors (Lipinski definition) is 2. The standard InChI is InChI=1S/C6H8O5/c7-3-5(9)1-4(8)2-6(10)11/h7H,1-3H2,(H,10,11). The molecule has 0 unspecified atom stereocenters. The SMILES string of the molecule is O=C(O)CC(=O)CC(=O)CO. The average Bonchev–Trinajstić information content (AvgIpc) is 1.85. The lowest BCUT2D eigenvalue weighted by atomic mass is 10.1. The highest BCUT2D eigenvalue weighted by atomic mass is 16.4. The summed E-state index contributed by atoms with van der Waals surface area (Å²) in [4.78, 5) is 30.7. The molecular weight excluding hydrogens is 152 g/mol. The fourth-order valence-electron chi connectivity index (χ4n) is 0.507. The number of Topliss-reactive ketones (excluding diaryl/α,β-unsaturated/α-hetero) is 2. The molecule has 0 saturated carbocycles. The second kappa shape index (κ2) is 4.56. The minimum Gasteiger partial charge on any atom is -0.481 e. The predicted molar refractivity (Wildman–Crippen MR) is 34.0 cm³/mol. The van der Waals surface area contributed by atoms with E-state index >= 15 is 0 Å². The van der Waals surface area contributed by atoms with Crippen molar-refractivity contribution in [1.82, 2.24) is 0 Å². The molecule has 0 aliphatic carbocycles. The van der Waals surface area contributed by atoms with Crippen molar-refractivity contribution in [3.63, 3.8) is 0 Å². The molecule has 0 bridgehead atoms. The van der Waals surface area contributed by atoms with Crippen molar-refractivity contribution in [2.45, 2.75) is 12.8 Å². The summed E-state index contributed by atoms with van der Waals surface area (Å²) in [7, 11) is 0. The topological polar surface area (TPSA) is 91.7 Å². The number of ketones is 2. The molecule has 5 nitrogen and oxygen atoms in total. The van der Waals surface area contributed by atoms with E-state index < -0.39 is 37.0 Å². The number of rotatable bonds is 5. The van der Waals surface area contributed by atoms with Gasteiger partial charge in [-0.3, -0.25) is 14.4 Å². The Morgan fingerprint density at radius 1 is 1.00 bits per heavy atom. The number of carbonyl (C=O) groups is 3. The van der Waals surface area contributed by atoms with Gasteiger partial charge in [-0.05, 0) is 0 Å². The maximum absolute atomic E-state index is 10.5. The lowest BCUT2D eigenvalue weighted by molar-refractivity contribution is -0.140. The molecule has 0 spiro atoms. The van der Waals surface area contributed by atoms with Gasteiger partial charge in [-0.1, -0.05) is 0 Å². The first-order valence-electron chi connectivity index (χ1n) is 2.92. The van der Waals surface area contributed by atoms with Gasteiger partial charge in [-0.15, -0.1) is 0 Å². The predicted octanol–water partition coefficient (Wildman–Crippen LogP) is -1.02. The van der Waals surface area contributed by atoms with Gasteiger partial charge in [0.15, 0.2) is 11.6 Å². The number of hydrogen-bond acceptors (Lipinski definition) is 4. The molecule has 0 rings (SSSR count). The highest BCUT2D eigenvalue weighted by Gasteiger charge is 2.11. The van der Waals surface area contributed by atoms with Crippen molar-refractivity contribution in [2.24, 2.45) is 0 Å². The van der Waals surface area contributed by atoms with Crippen LogP contribution in [0.4, 0.5) is 0 Å². The number of carbonyl (C=O) groups excluding carboxylic acids is 2. The normalized spacial score (nSPS) is 9.18. The van der Waals surface area contributed by atoms with Crippen molar-refractivity contribution in [3.05, 3.63) is 0 Å². The van der Waals surface area contributed by atoms with E-state index in [1.54, 1.807) is 0 Å². The van der Waals surface area contributed by atoms with E-state index in [-0.39, 0.29) is 0 Å². The van der Waals surface area contributed by atoms with E-state index in [9.17, 15) is 14.4 Å². The van der Waals surface area contributed by atoms with Crippen LogP contribution in [-0.2, 0) is 14.4 Å². The molecule has 0 amide bonds. The molecule has 2 N–H and O–H groups in total. The second-order valence-electron chi connectivity index (χ2n) is 1.98. The summed E-state index contributed by atoms with van der Waals surface area (Å²) in [6, 6.07) is 0. The van der Waals surface area contributed by atoms with Crippen LogP contribution in [0.5, 0.6) is 0 Å². The molecule has 62 valence electrons. The van der Waals surface area contributed by atoms with Crippen LogP contribution in [0.25, 0.3) is 0 Å². The van der Waals surface area contributed by atoms with E-state index in [0.29, 0.717) is 0 Å². The molecule has 0 atom stereocenters. The Bertz CT molecular complexity index is 183. The maximum Gasteiger partial charge on any atom is 0.310 e. The number of aliphatic hydroxyl groups excluding tert-OH is 1. The molecule has 0 heterocycles. The van der Waals surface area contributed by atoms with Crippen molar-refractivity contribution in [2.75, 3.05) is 6.61 Å². The van der Waals surface area contributed by atoms with Crippen LogP contribution in [0.2, 0.25) is 0 Å². The molecule has 0 fully saturated rings. The van der Waals surface area contributed by atoms with Crippen molar-refractivity contribution >= 4 is 17.5 Å². The van der Waals surface area contributed by atoms with Gasteiger partial charge in [0.2, 0.25) is 0 Å². The zero-order chi connectivity index (χ0) is 8.85. The lowest BCUT2D eigenvalue weighted by Crippen LogP contribution is -2.14. The summed E-state index contributed by atoms with van der Waals surface area (Å²) in [5.41, 5.74) is 0. The van der Waals surface area contributed by atoms with Gasteiger partial charge in [0.1, 0.15) is 13.0 Å². The molecular formula is C6H8O5. The first kappa shape index (κ1) is 9.77. The number of carboxylic acid groups (broad SMARTS) is 1. The van der Waals surface area contributed by atoms with Gasteiger partial charge in [0.25, 0.3) is 0 Å². The minimum atomic E-state index is -1.26. The van der Waals surface area contributed by atoms with Crippen LogP contribution >= 0.6 is 0 Å². The Balaban J connectivity index is 3.70. The Hall–Kier alpha value is -1.23. The first-order valence-corrected chi connectivity index (χ1v) is 2.92. The monoisotopic (exact) mass is 160 g/mol. The molecule has 0 aromatic rings. The summed E-state index contributed by atoms with van der Waals surface area (Å²) < 4.78 is 0. The van der Waals surface area contributed by atoms with Gasteiger partial charge in [0, 0.05) is 0 Å². The average molecular weight is 160 g/mol. The van der Waals surface area contributed by atoms with Crippen LogP contribution in [0, 0.1) is 0 Å². The molecule has 11 heavy (non-hydrogen) atoms. The van der Waals surface area contributed by atoms with Gasteiger partial charge >= 0.3 is 5.97 Å². The fraction of sp³-hybridized carbons (Fsp3) is 0.500. The van der Waals surface area contributed by atoms with E-state index in [1.165, 1.54) is 0 Å². The Labute approximate surface area is 62.6 Å². The van der Waals surface area contributed by atoms with E-state index in [1.807, 2.05) is 0 Å². The molecule has 5 heteroatoms. The molecule has 0 aliphatic rings. The van der Waals surface area contributed by atoms with Crippen molar-refractivity contribution in [3.8, 4) is 0 Å². The van der Waals surface area contributed by atoms with Crippen molar-refractivity contribution in [1.29, 1.82) is 0 Å². The van der Waals surface area contributed by atoms with Crippen molar-refractivity contribution < 1.29 is 24.6 Å². The number of aliphatic carboxylic acids is 1. The molecule has 0 radical (unpaired) electrons. The second-order valence-corrected chi connectivity index (χ2v) is 1.98. The third-order valence-corrected chi connectivity index (χ3v) is 0.919. The lowest BCUT2D eigenvalue weighted by Gasteiger charge is -1.92. The highest BCUT2D eigenvalue weighted by Crippen LogP contribution is 1.90. The van der Waals surface area contributed by atoms with Gasteiger partial charge in [0.05, 0.1) is 6.42 Å². The van der Waals surface area contributed by atoms with Gasteiger partial charge < -0.3 is 10.2 Å². The van der Waals surface area contributed by atoms with Crippen LogP contribution < -0.4 is 0 Å². The quantitative estimate of drug-likeness (QED) is 0.502. The van der Waals surface area contributed by atoms with Gasteiger partial charge in [-0.2, -0.15) is 0 Å². The zero-order valence-corrected chi connectivity index (χ0v) is 5.74. The fourth-order valence-corrected chi connectivity index (χ4v) is 0.507. The van der Waals surface area contributed by atoms with Crippen LogP contribution in [0.1, 0.15) is 12.8 Å². The summed E-state index contributed by atoms with van der Waals surface area (Å²) in [6.45, 7) is -0.717. The third-order valence-electron chi connectivity index (χ3n) is 0.919. The van der Waals surface area contributed by atoms with Crippen LogP contribution in [-0.4, -0.2) is 34.4 Å². The largest absolute Gasteiger partial charge is 0.481 e. The number of carboxylic acids is 1. The molecule has 0 aromatic heterocycles. The van der Waals surface area contributed by atoms with E-state index in [2.05, 4.69) is 0 Å². The third kappa shape index (κ3) is 5.23. The maximum atomic E-state index is 10.5. The van der Waals surface area contributed by atoms with E-state index in [0.717, 1.165) is 0 Å². The van der Waals surface area contributed by atoms with Crippen LogP contribution in [0.15, 0.2) is 0 Å².